The van der Waals surface area contributed by atoms with E-state index in [2.05, 4.69) is 31.0 Å². The van der Waals surface area contributed by atoms with Crippen molar-refractivity contribution in [3.05, 3.63) is 28.4 Å². The molecule has 0 atom stereocenters. The van der Waals surface area contributed by atoms with Gasteiger partial charge in [-0.15, -0.1) is 5.10 Å². The van der Waals surface area contributed by atoms with Crippen LogP contribution in [0.1, 0.15) is 5.56 Å². The molecule has 0 saturated heterocycles. The molecule has 0 radical (unpaired) electrons. The van der Waals surface area contributed by atoms with Gasteiger partial charge in [-0.05, 0) is 46.6 Å². The highest BCUT2D eigenvalue weighted by Gasteiger charge is 2.24. The van der Waals surface area contributed by atoms with Crippen molar-refractivity contribution in [3.63, 3.8) is 0 Å². The molecule has 2 aromatic rings. The first kappa shape index (κ1) is 13.8. The Morgan fingerprint density at radius 3 is 2.63 bits per heavy atom. The van der Waals surface area contributed by atoms with E-state index < -0.39 is 10.0 Å². The number of hydrogen-bond donors (Lipinski definition) is 2. The van der Waals surface area contributed by atoms with Crippen LogP contribution in [0.2, 0.25) is 0 Å². The number of aromatic nitrogens is 3. The largest absolute Gasteiger partial charge is 0.508 e. The number of aryl methyl sites for hydroxylation is 2. The second-order valence-electron chi connectivity index (χ2n) is 3.91. The van der Waals surface area contributed by atoms with Crippen molar-refractivity contribution in [2.45, 2.75) is 11.9 Å². The van der Waals surface area contributed by atoms with Crippen LogP contribution in [0.5, 0.6) is 5.75 Å². The summed E-state index contributed by atoms with van der Waals surface area (Å²) in [6, 6.07) is 4.36. The van der Waals surface area contributed by atoms with Crippen LogP contribution < -0.4 is 4.72 Å². The Morgan fingerprint density at radius 1 is 1.42 bits per heavy atom. The van der Waals surface area contributed by atoms with Gasteiger partial charge in [0.1, 0.15) is 5.75 Å². The normalized spacial score (nSPS) is 11.5. The Labute approximate surface area is 118 Å². The third-order valence-electron chi connectivity index (χ3n) is 2.45. The molecule has 0 aliphatic rings. The van der Waals surface area contributed by atoms with Gasteiger partial charge in [-0.1, -0.05) is 5.21 Å². The number of phenolic OH excluding ortho intramolecular Hbond substituents is 1. The summed E-state index contributed by atoms with van der Waals surface area (Å²) in [6.07, 6.45) is 0. The number of anilines is 1. The first-order valence-corrected chi connectivity index (χ1v) is 7.46. The summed E-state index contributed by atoms with van der Waals surface area (Å²) < 4.78 is 28.2. The van der Waals surface area contributed by atoms with E-state index in [9.17, 15) is 13.5 Å². The van der Waals surface area contributed by atoms with Crippen molar-refractivity contribution in [1.29, 1.82) is 0 Å². The molecule has 9 heteroatoms. The first-order valence-electron chi connectivity index (χ1n) is 5.19. The highest BCUT2D eigenvalue weighted by molar-refractivity contribution is 9.10. The monoisotopic (exact) mass is 346 g/mol. The Kier molecular flexibility index (Phi) is 3.50. The zero-order valence-corrected chi connectivity index (χ0v) is 12.5. The molecule has 1 aromatic heterocycles. The number of benzene rings is 1. The maximum absolute atomic E-state index is 12.2. The van der Waals surface area contributed by atoms with Crippen molar-refractivity contribution in [2.24, 2.45) is 7.05 Å². The fraction of sp³-hybridized carbons (Fsp3) is 0.200. The van der Waals surface area contributed by atoms with Crippen LogP contribution in [-0.2, 0) is 17.1 Å². The number of nitrogens with zero attached hydrogens (tertiary/aromatic N) is 3. The van der Waals surface area contributed by atoms with Gasteiger partial charge in [-0.3, -0.25) is 4.72 Å². The quantitative estimate of drug-likeness (QED) is 0.818. The van der Waals surface area contributed by atoms with Crippen molar-refractivity contribution in [3.8, 4) is 5.75 Å². The minimum absolute atomic E-state index is 0.0695. The van der Waals surface area contributed by atoms with Gasteiger partial charge < -0.3 is 5.11 Å². The van der Waals surface area contributed by atoms with Gasteiger partial charge in [0, 0.05) is 7.05 Å². The van der Waals surface area contributed by atoms with Gasteiger partial charge in [0.2, 0.25) is 5.03 Å². The zero-order valence-electron chi connectivity index (χ0n) is 10.1. The molecule has 0 spiro atoms. The van der Waals surface area contributed by atoms with E-state index in [1.165, 1.54) is 25.2 Å². The van der Waals surface area contributed by atoms with E-state index in [0.717, 1.165) is 4.68 Å². The molecule has 0 amide bonds. The lowest BCUT2D eigenvalue weighted by atomic mass is 10.2. The average Bonchev–Trinajstić information content (AvgIpc) is 2.63. The van der Waals surface area contributed by atoms with Crippen LogP contribution in [0.25, 0.3) is 0 Å². The fourth-order valence-electron chi connectivity index (χ4n) is 1.56. The van der Waals surface area contributed by atoms with Gasteiger partial charge in [0.05, 0.1) is 5.69 Å². The van der Waals surface area contributed by atoms with E-state index in [-0.39, 0.29) is 15.4 Å². The maximum atomic E-state index is 12.2. The molecule has 0 saturated carbocycles. The highest BCUT2D eigenvalue weighted by Crippen LogP contribution is 2.25. The Balaban J connectivity index is 2.42. The Hall–Kier alpha value is -1.61. The number of phenols is 1. The number of halogens is 1. The molecule has 7 nitrogen and oxygen atoms in total. The Bertz CT molecular complexity index is 707. The van der Waals surface area contributed by atoms with Gasteiger partial charge in [0.15, 0.2) is 4.60 Å². The predicted octanol–water partition coefficient (Wildman–Crippen LogP) is 1.39. The van der Waals surface area contributed by atoms with E-state index >= 15 is 0 Å². The molecule has 2 N–H and O–H groups in total. The van der Waals surface area contributed by atoms with Crippen LogP contribution in [-0.4, -0.2) is 28.5 Å². The molecule has 1 aromatic carbocycles. The minimum atomic E-state index is -3.81. The van der Waals surface area contributed by atoms with Crippen LogP contribution in [0.15, 0.2) is 27.8 Å². The van der Waals surface area contributed by atoms with E-state index in [1.54, 1.807) is 6.92 Å². The average molecular weight is 347 g/mol. The van der Waals surface area contributed by atoms with E-state index in [4.69, 9.17) is 0 Å². The van der Waals surface area contributed by atoms with Gasteiger partial charge in [-0.2, -0.15) is 8.42 Å². The maximum Gasteiger partial charge on any atom is 0.281 e. The lowest BCUT2D eigenvalue weighted by Gasteiger charge is -2.10. The molecule has 102 valence electrons. The fourth-order valence-corrected chi connectivity index (χ4v) is 3.79. The van der Waals surface area contributed by atoms with Crippen LogP contribution in [0, 0.1) is 6.92 Å². The lowest BCUT2D eigenvalue weighted by Crippen LogP contribution is -2.17. The van der Waals surface area contributed by atoms with Crippen LogP contribution in [0.3, 0.4) is 0 Å². The summed E-state index contributed by atoms with van der Waals surface area (Å²) in [6.45, 7) is 1.69. The van der Waals surface area contributed by atoms with Gasteiger partial charge in [0.25, 0.3) is 10.0 Å². The molecular weight excluding hydrogens is 336 g/mol. The van der Waals surface area contributed by atoms with Crippen molar-refractivity contribution in [2.75, 3.05) is 4.72 Å². The summed E-state index contributed by atoms with van der Waals surface area (Å²) in [5.41, 5.74) is 0.987. The molecule has 2 rings (SSSR count). The third kappa shape index (κ3) is 2.71. The third-order valence-corrected chi connectivity index (χ3v) is 4.70. The standard InChI is InChI=1S/C10H11BrN4O3S/c1-6-5-7(16)3-4-8(6)13-19(17,18)10-9(11)12-14-15(10)2/h3-5,13,16H,1-2H3. The smallest absolute Gasteiger partial charge is 0.281 e. The number of rotatable bonds is 3. The summed E-state index contributed by atoms with van der Waals surface area (Å²) in [4.78, 5) is 0. The summed E-state index contributed by atoms with van der Waals surface area (Å²) in [7, 11) is -2.33. The molecule has 19 heavy (non-hydrogen) atoms. The summed E-state index contributed by atoms with van der Waals surface area (Å²) >= 11 is 3.04. The highest BCUT2D eigenvalue weighted by atomic mass is 79.9. The van der Waals surface area contributed by atoms with Crippen molar-refractivity contribution >= 4 is 31.6 Å². The number of nitrogens with one attached hydrogen (secondary N) is 1. The topological polar surface area (TPSA) is 97.1 Å². The SMILES string of the molecule is Cc1cc(O)ccc1NS(=O)(=O)c1c(Br)nnn1C. The second kappa shape index (κ2) is 4.82. The summed E-state index contributed by atoms with van der Waals surface area (Å²) in [5.74, 6) is 0.0730. The number of sulfonamides is 1. The minimum Gasteiger partial charge on any atom is -0.508 e. The zero-order chi connectivity index (χ0) is 14.2. The molecule has 0 aliphatic carbocycles. The molecule has 0 fully saturated rings. The Morgan fingerprint density at radius 2 is 2.11 bits per heavy atom. The van der Waals surface area contributed by atoms with Crippen molar-refractivity contribution in [1.82, 2.24) is 15.0 Å². The van der Waals surface area contributed by atoms with Crippen LogP contribution >= 0.6 is 15.9 Å². The number of aromatic hydroxyl groups is 1. The molecule has 0 unspecified atom stereocenters. The van der Waals surface area contributed by atoms with E-state index in [1.807, 2.05) is 0 Å². The van der Waals surface area contributed by atoms with Gasteiger partial charge in [-0.25, -0.2) is 4.68 Å². The van der Waals surface area contributed by atoms with E-state index in [0.29, 0.717) is 11.3 Å². The lowest BCUT2D eigenvalue weighted by molar-refractivity contribution is 0.475. The molecule has 0 aliphatic heterocycles. The molecule has 0 bridgehead atoms. The van der Waals surface area contributed by atoms with Crippen LogP contribution in [0.4, 0.5) is 5.69 Å². The van der Waals surface area contributed by atoms with Gasteiger partial charge >= 0.3 is 0 Å². The van der Waals surface area contributed by atoms with Crippen molar-refractivity contribution < 1.29 is 13.5 Å². The first-order chi connectivity index (χ1) is 8.81. The molecular formula is C10H11BrN4O3S. The molecule has 1 heterocycles. The predicted molar refractivity (Wildman–Crippen MR) is 72.4 cm³/mol. The summed E-state index contributed by atoms with van der Waals surface area (Å²) in [5, 5.41) is 16.5. The number of hydrogen-bond acceptors (Lipinski definition) is 5. The second-order valence-corrected chi connectivity index (χ2v) is 6.26.